The predicted octanol–water partition coefficient (Wildman–Crippen LogP) is 0.802. The van der Waals surface area contributed by atoms with Crippen molar-refractivity contribution in [2.45, 2.75) is 13.0 Å². The molecule has 138 valence electrons. The summed E-state index contributed by atoms with van der Waals surface area (Å²) in [6.07, 6.45) is 0.188. The van der Waals surface area contributed by atoms with Gasteiger partial charge in [0.15, 0.2) is 11.5 Å². The zero-order chi connectivity index (χ0) is 18.8. The standard InChI is InChI=1S/C18H18N6O3/c1-27-16-8-7-14-20-21-15(24(14)22-16)10-19-18(26)12-9-17(25)23(11-12)13-5-3-2-4-6-13/h2-8,12H,9-11H2,1H3,(H,19,26)/t12-/m0/s1. The third kappa shape index (κ3) is 3.31. The molecule has 4 rings (SSSR count). The summed E-state index contributed by atoms with van der Waals surface area (Å²) >= 11 is 0. The molecule has 0 bridgehead atoms. The Bertz CT molecular complexity index is 987. The highest BCUT2D eigenvalue weighted by molar-refractivity contribution is 6.00. The van der Waals surface area contributed by atoms with Gasteiger partial charge in [0.25, 0.3) is 0 Å². The Hall–Kier alpha value is -3.49. The second-order valence-electron chi connectivity index (χ2n) is 6.22. The number of benzene rings is 1. The van der Waals surface area contributed by atoms with Crippen LogP contribution in [-0.4, -0.2) is 45.3 Å². The lowest BCUT2D eigenvalue weighted by molar-refractivity contribution is -0.126. The normalized spacial score (nSPS) is 16.7. The fourth-order valence-corrected chi connectivity index (χ4v) is 3.09. The van der Waals surface area contributed by atoms with Gasteiger partial charge in [0.1, 0.15) is 0 Å². The molecule has 0 saturated carbocycles. The highest BCUT2D eigenvalue weighted by atomic mass is 16.5. The molecule has 1 aromatic carbocycles. The molecule has 9 nitrogen and oxygen atoms in total. The van der Waals surface area contributed by atoms with Gasteiger partial charge < -0.3 is 15.0 Å². The third-order valence-electron chi connectivity index (χ3n) is 4.50. The molecule has 9 heteroatoms. The van der Waals surface area contributed by atoms with Crippen LogP contribution in [0.4, 0.5) is 5.69 Å². The average molecular weight is 366 g/mol. The number of hydrogen-bond acceptors (Lipinski definition) is 6. The van der Waals surface area contributed by atoms with Crippen molar-refractivity contribution in [1.29, 1.82) is 0 Å². The number of para-hydroxylation sites is 1. The number of anilines is 1. The van der Waals surface area contributed by atoms with E-state index in [2.05, 4.69) is 20.6 Å². The molecule has 0 aliphatic carbocycles. The first-order valence-electron chi connectivity index (χ1n) is 8.54. The molecule has 1 aliphatic heterocycles. The Morgan fingerprint density at radius 3 is 2.81 bits per heavy atom. The fraction of sp³-hybridized carbons (Fsp3) is 0.278. The van der Waals surface area contributed by atoms with Crippen molar-refractivity contribution in [3.63, 3.8) is 0 Å². The van der Waals surface area contributed by atoms with Gasteiger partial charge in [-0.1, -0.05) is 18.2 Å². The van der Waals surface area contributed by atoms with Crippen molar-refractivity contribution in [3.05, 3.63) is 48.3 Å². The van der Waals surface area contributed by atoms with Crippen LogP contribution in [0.2, 0.25) is 0 Å². The third-order valence-corrected chi connectivity index (χ3v) is 4.50. The van der Waals surface area contributed by atoms with Gasteiger partial charge >= 0.3 is 0 Å². The minimum atomic E-state index is -0.403. The van der Waals surface area contributed by atoms with Crippen molar-refractivity contribution in [2.75, 3.05) is 18.6 Å². The number of hydrogen-bond donors (Lipinski definition) is 1. The number of carbonyl (C=O) groups is 2. The van der Waals surface area contributed by atoms with Crippen LogP contribution in [0.25, 0.3) is 5.65 Å². The number of methoxy groups -OCH3 is 1. The van der Waals surface area contributed by atoms with Gasteiger partial charge in [-0.2, -0.15) is 4.52 Å². The molecule has 3 aromatic rings. The molecule has 27 heavy (non-hydrogen) atoms. The Morgan fingerprint density at radius 2 is 2.04 bits per heavy atom. The minimum Gasteiger partial charge on any atom is -0.480 e. The number of rotatable bonds is 5. The predicted molar refractivity (Wildman–Crippen MR) is 96.1 cm³/mol. The quantitative estimate of drug-likeness (QED) is 0.717. The summed E-state index contributed by atoms with van der Waals surface area (Å²) < 4.78 is 6.62. The lowest BCUT2D eigenvalue weighted by Crippen LogP contribution is -2.33. The van der Waals surface area contributed by atoms with Crippen LogP contribution >= 0.6 is 0 Å². The van der Waals surface area contributed by atoms with Gasteiger partial charge in [-0.3, -0.25) is 9.59 Å². The van der Waals surface area contributed by atoms with E-state index in [0.717, 1.165) is 5.69 Å². The molecule has 1 saturated heterocycles. The molecule has 2 aromatic heterocycles. The largest absolute Gasteiger partial charge is 0.480 e. The van der Waals surface area contributed by atoms with E-state index >= 15 is 0 Å². The summed E-state index contributed by atoms with van der Waals surface area (Å²) in [5, 5.41) is 15.1. The van der Waals surface area contributed by atoms with Crippen LogP contribution < -0.4 is 15.0 Å². The summed E-state index contributed by atoms with van der Waals surface area (Å²) in [5.74, 6) is 0.262. The number of carbonyl (C=O) groups excluding carboxylic acids is 2. The van der Waals surface area contributed by atoms with Gasteiger partial charge in [-0.25, -0.2) is 0 Å². The maximum absolute atomic E-state index is 12.5. The molecule has 1 fully saturated rings. The van der Waals surface area contributed by atoms with E-state index in [9.17, 15) is 9.59 Å². The van der Waals surface area contributed by atoms with Gasteiger partial charge in [-0.05, 0) is 18.2 Å². The summed E-state index contributed by atoms with van der Waals surface area (Å²) in [6.45, 7) is 0.525. The number of ether oxygens (including phenoxy) is 1. The molecule has 3 heterocycles. The lowest BCUT2D eigenvalue weighted by Gasteiger charge is -2.16. The Morgan fingerprint density at radius 1 is 1.22 bits per heavy atom. The molecule has 0 radical (unpaired) electrons. The Balaban J connectivity index is 1.42. The van der Waals surface area contributed by atoms with E-state index in [1.54, 1.807) is 17.0 Å². The van der Waals surface area contributed by atoms with Crippen LogP contribution in [0.1, 0.15) is 12.2 Å². The van der Waals surface area contributed by atoms with Crippen LogP contribution in [0, 0.1) is 5.92 Å². The van der Waals surface area contributed by atoms with Crippen LogP contribution in [0.5, 0.6) is 5.88 Å². The second kappa shape index (κ2) is 7.02. The summed E-state index contributed by atoms with van der Waals surface area (Å²) in [5.41, 5.74) is 1.36. The van der Waals surface area contributed by atoms with Crippen molar-refractivity contribution in [3.8, 4) is 5.88 Å². The minimum absolute atomic E-state index is 0.0549. The first-order valence-corrected chi connectivity index (χ1v) is 8.54. The van der Waals surface area contributed by atoms with Crippen molar-refractivity contribution >= 4 is 23.1 Å². The van der Waals surface area contributed by atoms with E-state index in [0.29, 0.717) is 23.9 Å². The molecule has 0 spiro atoms. The van der Waals surface area contributed by atoms with Crippen LogP contribution in [0.15, 0.2) is 42.5 Å². The molecular weight excluding hydrogens is 348 g/mol. The van der Waals surface area contributed by atoms with Crippen LogP contribution in [0.3, 0.4) is 0 Å². The highest BCUT2D eigenvalue weighted by Crippen LogP contribution is 2.24. The van der Waals surface area contributed by atoms with Gasteiger partial charge in [0.05, 0.1) is 19.6 Å². The molecule has 0 unspecified atom stereocenters. The molecule has 2 amide bonds. The smallest absolute Gasteiger partial charge is 0.231 e. The summed E-state index contributed by atoms with van der Waals surface area (Å²) in [6, 6.07) is 12.8. The maximum atomic E-state index is 12.5. The van der Waals surface area contributed by atoms with Gasteiger partial charge in [0, 0.05) is 24.7 Å². The Labute approximate surface area is 154 Å². The molecule has 1 atom stereocenters. The first-order chi connectivity index (χ1) is 13.2. The zero-order valence-electron chi connectivity index (χ0n) is 14.7. The van der Waals surface area contributed by atoms with E-state index in [4.69, 9.17) is 4.74 Å². The van der Waals surface area contributed by atoms with Crippen molar-refractivity contribution in [2.24, 2.45) is 5.92 Å². The lowest BCUT2D eigenvalue weighted by atomic mass is 10.1. The number of nitrogens with one attached hydrogen (secondary N) is 1. The highest BCUT2D eigenvalue weighted by Gasteiger charge is 2.35. The number of amides is 2. The van der Waals surface area contributed by atoms with E-state index < -0.39 is 5.92 Å². The second-order valence-corrected chi connectivity index (χ2v) is 6.22. The van der Waals surface area contributed by atoms with Crippen molar-refractivity contribution < 1.29 is 14.3 Å². The molecule has 1 N–H and O–H groups in total. The number of nitrogens with zero attached hydrogens (tertiary/aromatic N) is 5. The van der Waals surface area contributed by atoms with Crippen molar-refractivity contribution in [1.82, 2.24) is 25.1 Å². The average Bonchev–Trinajstić information content (AvgIpc) is 3.29. The van der Waals surface area contributed by atoms with Gasteiger partial charge in [-0.15, -0.1) is 15.3 Å². The molecule has 1 aliphatic rings. The summed E-state index contributed by atoms with van der Waals surface area (Å²) in [7, 11) is 1.52. The van der Waals surface area contributed by atoms with E-state index in [-0.39, 0.29) is 24.8 Å². The SMILES string of the molecule is COc1ccc2nnc(CNC(=O)[C@H]3CC(=O)N(c4ccccc4)C3)n2n1. The molecular formula is C18H18N6O3. The first kappa shape index (κ1) is 17.0. The van der Waals surface area contributed by atoms with E-state index in [1.165, 1.54) is 11.6 Å². The van der Waals surface area contributed by atoms with E-state index in [1.807, 2.05) is 30.3 Å². The summed E-state index contributed by atoms with van der Waals surface area (Å²) in [4.78, 5) is 26.4. The van der Waals surface area contributed by atoms with Crippen LogP contribution in [-0.2, 0) is 16.1 Å². The zero-order valence-corrected chi connectivity index (χ0v) is 14.7. The monoisotopic (exact) mass is 366 g/mol. The number of aromatic nitrogens is 4. The maximum Gasteiger partial charge on any atom is 0.231 e. The fourth-order valence-electron chi connectivity index (χ4n) is 3.09. The van der Waals surface area contributed by atoms with Gasteiger partial charge in [0.2, 0.25) is 17.7 Å². The Kier molecular flexibility index (Phi) is 4.41. The number of fused-ring (bicyclic) bond motifs is 1. The topological polar surface area (TPSA) is 102 Å².